The second-order valence-electron chi connectivity index (χ2n) is 6.12. The van der Waals surface area contributed by atoms with Gasteiger partial charge in [-0.15, -0.1) is 5.10 Å². The molecular weight excluding hydrogens is 431 g/mol. The Morgan fingerprint density at radius 2 is 1.28 bits per heavy atom. The van der Waals surface area contributed by atoms with Gasteiger partial charge in [0.15, 0.2) is 5.82 Å². The molecule has 144 valence electrons. The number of aromatic nitrogens is 3. The molecule has 0 radical (unpaired) electrons. The standard InChI is InChI=1S/C21H13Cl3N4O/c22-14-3-1-13(2-4-14)20-26-19(21(29)25-17-9-5-15(23)6-10-17)27-28(20)18-11-7-16(24)8-12-18/h1-12H,(H,25,29). The number of hydrogen-bond acceptors (Lipinski definition) is 3. The smallest absolute Gasteiger partial charge is 0.295 e. The van der Waals surface area contributed by atoms with Crippen molar-refractivity contribution in [3.63, 3.8) is 0 Å². The Balaban J connectivity index is 1.74. The van der Waals surface area contributed by atoms with Crippen LogP contribution >= 0.6 is 34.8 Å². The number of benzene rings is 3. The molecule has 0 aliphatic carbocycles. The van der Waals surface area contributed by atoms with E-state index < -0.39 is 5.91 Å². The lowest BCUT2D eigenvalue weighted by atomic mass is 10.2. The van der Waals surface area contributed by atoms with Crippen molar-refractivity contribution >= 4 is 46.4 Å². The van der Waals surface area contributed by atoms with Gasteiger partial charge in [-0.2, -0.15) is 0 Å². The van der Waals surface area contributed by atoms with Gasteiger partial charge in [0.05, 0.1) is 5.69 Å². The molecule has 0 aliphatic heterocycles. The number of carbonyl (C=O) groups is 1. The van der Waals surface area contributed by atoms with Crippen LogP contribution in [0.4, 0.5) is 5.69 Å². The summed E-state index contributed by atoms with van der Waals surface area (Å²) < 4.78 is 1.59. The maximum Gasteiger partial charge on any atom is 0.295 e. The lowest BCUT2D eigenvalue weighted by Crippen LogP contribution is -2.14. The summed E-state index contributed by atoms with van der Waals surface area (Å²) in [6.45, 7) is 0. The zero-order valence-corrected chi connectivity index (χ0v) is 17.1. The Hall–Kier alpha value is -2.86. The molecule has 4 rings (SSSR count). The van der Waals surface area contributed by atoms with E-state index in [9.17, 15) is 4.79 Å². The fourth-order valence-electron chi connectivity index (χ4n) is 2.68. The maximum atomic E-state index is 12.7. The van der Waals surface area contributed by atoms with Crippen molar-refractivity contribution in [2.24, 2.45) is 0 Å². The average molecular weight is 444 g/mol. The van der Waals surface area contributed by atoms with Crippen molar-refractivity contribution in [2.75, 3.05) is 5.32 Å². The number of nitrogens with zero attached hydrogens (tertiary/aromatic N) is 3. The van der Waals surface area contributed by atoms with Crippen molar-refractivity contribution in [3.8, 4) is 17.1 Å². The summed E-state index contributed by atoms with van der Waals surface area (Å²) in [6, 6.07) is 21.0. The number of rotatable bonds is 4. The molecule has 4 aromatic rings. The molecule has 0 fully saturated rings. The van der Waals surface area contributed by atoms with Crippen LogP contribution in [0.25, 0.3) is 17.1 Å². The van der Waals surface area contributed by atoms with Gasteiger partial charge in [-0.3, -0.25) is 4.79 Å². The van der Waals surface area contributed by atoms with E-state index >= 15 is 0 Å². The summed E-state index contributed by atoms with van der Waals surface area (Å²) in [4.78, 5) is 17.2. The summed E-state index contributed by atoms with van der Waals surface area (Å²) in [6.07, 6.45) is 0. The van der Waals surface area contributed by atoms with Gasteiger partial charge in [0.2, 0.25) is 5.82 Å². The topological polar surface area (TPSA) is 59.8 Å². The Labute approximate surface area is 181 Å². The molecule has 5 nitrogen and oxygen atoms in total. The fraction of sp³-hybridized carbons (Fsp3) is 0. The Morgan fingerprint density at radius 3 is 1.86 bits per heavy atom. The molecule has 0 spiro atoms. The molecule has 0 aliphatic rings. The molecule has 0 saturated carbocycles. The minimum atomic E-state index is -0.435. The van der Waals surface area contributed by atoms with Crippen LogP contribution in [0.3, 0.4) is 0 Å². The number of hydrogen-bond donors (Lipinski definition) is 1. The average Bonchev–Trinajstić information content (AvgIpc) is 3.16. The SMILES string of the molecule is O=C(Nc1ccc(Cl)cc1)c1nc(-c2ccc(Cl)cc2)n(-c2ccc(Cl)cc2)n1. The number of nitrogens with one attached hydrogen (secondary N) is 1. The summed E-state index contributed by atoms with van der Waals surface area (Å²) in [7, 11) is 0. The second kappa shape index (κ2) is 8.25. The van der Waals surface area contributed by atoms with Gasteiger partial charge in [-0.25, -0.2) is 9.67 Å². The van der Waals surface area contributed by atoms with Crippen LogP contribution < -0.4 is 5.32 Å². The van der Waals surface area contributed by atoms with Crippen molar-refractivity contribution in [1.82, 2.24) is 14.8 Å². The molecule has 0 atom stereocenters. The predicted molar refractivity (Wildman–Crippen MR) is 116 cm³/mol. The molecule has 3 aromatic carbocycles. The highest BCUT2D eigenvalue weighted by Crippen LogP contribution is 2.24. The summed E-state index contributed by atoms with van der Waals surface area (Å²) in [5.74, 6) is 0.0975. The first-order chi connectivity index (χ1) is 14.0. The Bertz CT molecular complexity index is 1090. The van der Waals surface area contributed by atoms with Gasteiger partial charge in [-0.05, 0) is 72.8 Å². The van der Waals surface area contributed by atoms with Crippen LogP contribution in [-0.4, -0.2) is 20.7 Å². The van der Waals surface area contributed by atoms with E-state index in [1.54, 1.807) is 65.3 Å². The molecule has 1 amide bonds. The molecule has 8 heteroatoms. The highest BCUT2D eigenvalue weighted by Gasteiger charge is 2.19. The molecule has 0 saturated heterocycles. The Morgan fingerprint density at radius 1 is 0.759 bits per heavy atom. The van der Waals surface area contributed by atoms with Gasteiger partial charge < -0.3 is 5.32 Å². The van der Waals surface area contributed by atoms with Crippen LogP contribution in [0.1, 0.15) is 10.6 Å². The lowest BCUT2D eigenvalue weighted by molar-refractivity contribution is 0.101. The fourth-order valence-corrected chi connectivity index (χ4v) is 3.05. The zero-order chi connectivity index (χ0) is 20.4. The van der Waals surface area contributed by atoms with Crippen molar-refractivity contribution in [3.05, 3.63) is 93.7 Å². The third kappa shape index (κ3) is 4.43. The van der Waals surface area contributed by atoms with Crippen LogP contribution in [0.15, 0.2) is 72.8 Å². The van der Waals surface area contributed by atoms with E-state index in [2.05, 4.69) is 15.4 Å². The summed E-state index contributed by atoms with van der Waals surface area (Å²) >= 11 is 17.9. The minimum Gasteiger partial charge on any atom is -0.319 e. The van der Waals surface area contributed by atoms with Crippen LogP contribution in [0.2, 0.25) is 15.1 Å². The van der Waals surface area contributed by atoms with Gasteiger partial charge in [0.1, 0.15) is 0 Å². The van der Waals surface area contributed by atoms with E-state index in [1.165, 1.54) is 0 Å². The first kappa shape index (κ1) is 19.5. The molecular formula is C21H13Cl3N4O. The highest BCUT2D eigenvalue weighted by molar-refractivity contribution is 6.31. The van der Waals surface area contributed by atoms with E-state index in [4.69, 9.17) is 34.8 Å². The van der Waals surface area contributed by atoms with E-state index in [0.717, 1.165) is 11.3 Å². The minimum absolute atomic E-state index is 0.0276. The molecule has 0 bridgehead atoms. The zero-order valence-electron chi connectivity index (χ0n) is 14.8. The van der Waals surface area contributed by atoms with Gasteiger partial charge in [0, 0.05) is 26.3 Å². The number of amides is 1. The van der Waals surface area contributed by atoms with Crippen molar-refractivity contribution < 1.29 is 4.79 Å². The second-order valence-corrected chi connectivity index (χ2v) is 7.42. The van der Waals surface area contributed by atoms with Gasteiger partial charge >= 0.3 is 0 Å². The predicted octanol–water partition coefficient (Wildman–Crippen LogP) is 6.15. The van der Waals surface area contributed by atoms with Crippen molar-refractivity contribution in [2.45, 2.75) is 0 Å². The largest absolute Gasteiger partial charge is 0.319 e. The van der Waals surface area contributed by atoms with E-state index in [-0.39, 0.29) is 5.82 Å². The Kier molecular flexibility index (Phi) is 5.53. The van der Waals surface area contributed by atoms with Crippen LogP contribution in [-0.2, 0) is 0 Å². The number of halogens is 3. The quantitative estimate of drug-likeness (QED) is 0.412. The molecule has 1 aromatic heterocycles. The third-order valence-corrected chi connectivity index (χ3v) is 4.84. The van der Waals surface area contributed by atoms with E-state index in [0.29, 0.717) is 26.6 Å². The first-order valence-electron chi connectivity index (χ1n) is 8.55. The monoisotopic (exact) mass is 442 g/mol. The third-order valence-electron chi connectivity index (χ3n) is 4.09. The van der Waals surface area contributed by atoms with Gasteiger partial charge in [0.25, 0.3) is 5.91 Å². The molecule has 0 unspecified atom stereocenters. The summed E-state index contributed by atoms with van der Waals surface area (Å²) in [5, 5.41) is 8.97. The lowest BCUT2D eigenvalue weighted by Gasteiger charge is -2.06. The normalized spacial score (nSPS) is 10.7. The molecule has 1 N–H and O–H groups in total. The van der Waals surface area contributed by atoms with E-state index in [1.807, 2.05) is 12.1 Å². The summed E-state index contributed by atoms with van der Waals surface area (Å²) in [5.41, 5.74) is 2.08. The number of carbonyl (C=O) groups excluding carboxylic acids is 1. The highest BCUT2D eigenvalue weighted by atomic mass is 35.5. The van der Waals surface area contributed by atoms with Gasteiger partial charge in [-0.1, -0.05) is 34.8 Å². The number of anilines is 1. The van der Waals surface area contributed by atoms with Crippen LogP contribution in [0.5, 0.6) is 0 Å². The van der Waals surface area contributed by atoms with Crippen LogP contribution in [0, 0.1) is 0 Å². The molecule has 29 heavy (non-hydrogen) atoms. The van der Waals surface area contributed by atoms with Crippen molar-refractivity contribution in [1.29, 1.82) is 0 Å². The molecule has 1 heterocycles. The maximum absolute atomic E-state index is 12.7. The first-order valence-corrected chi connectivity index (χ1v) is 9.69.